The number of aromatic nitrogens is 3. The Morgan fingerprint density at radius 2 is 2.38 bits per heavy atom. The monoisotopic (exact) mass is 234 g/mol. The quantitative estimate of drug-likeness (QED) is 0.883. The summed E-state index contributed by atoms with van der Waals surface area (Å²) in [4.78, 5) is 4.60. The number of thiazole rings is 1. The Bertz CT molecular complexity index is 498. The summed E-state index contributed by atoms with van der Waals surface area (Å²) in [6.07, 6.45) is 6.31. The minimum absolute atomic E-state index is 0.135. The Kier molecular flexibility index (Phi) is 2.29. The number of aryl methyl sites for hydroxylation is 1. The van der Waals surface area contributed by atoms with Gasteiger partial charge >= 0.3 is 0 Å². The van der Waals surface area contributed by atoms with Crippen LogP contribution in [0.4, 0.5) is 0 Å². The van der Waals surface area contributed by atoms with E-state index in [2.05, 4.69) is 15.5 Å². The van der Waals surface area contributed by atoms with Crippen molar-refractivity contribution in [3.05, 3.63) is 22.8 Å². The van der Waals surface area contributed by atoms with Crippen LogP contribution in [0.25, 0.3) is 11.3 Å². The van der Waals surface area contributed by atoms with Gasteiger partial charge in [0.25, 0.3) is 0 Å². The van der Waals surface area contributed by atoms with Gasteiger partial charge in [0.2, 0.25) is 0 Å². The van der Waals surface area contributed by atoms with Crippen molar-refractivity contribution in [2.24, 2.45) is 18.7 Å². The van der Waals surface area contributed by atoms with Crippen LogP contribution in [0.3, 0.4) is 0 Å². The Morgan fingerprint density at radius 3 is 3.00 bits per heavy atom. The molecule has 0 radical (unpaired) electrons. The second-order valence-corrected chi connectivity index (χ2v) is 5.23. The summed E-state index contributed by atoms with van der Waals surface area (Å²) < 4.78 is 1.79. The average molecular weight is 234 g/mol. The van der Waals surface area contributed by atoms with Gasteiger partial charge in [-0.25, -0.2) is 4.98 Å². The lowest BCUT2D eigenvalue weighted by Gasteiger charge is -2.04. The van der Waals surface area contributed by atoms with E-state index in [4.69, 9.17) is 5.73 Å². The molecule has 1 aliphatic carbocycles. The van der Waals surface area contributed by atoms with Gasteiger partial charge in [-0.15, -0.1) is 11.3 Å². The molecule has 1 fully saturated rings. The molecule has 84 valence electrons. The van der Waals surface area contributed by atoms with Crippen LogP contribution in [0.2, 0.25) is 0 Å². The predicted molar refractivity (Wildman–Crippen MR) is 64.0 cm³/mol. The zero-order valence-corrected chi connectivity index (χ0v) is 9.94. The van der Waals surface area contributed by atoms with Crippen LogP contribution in [0.5, 0.6) is 0 Å². The lowest BCUT2D eigenvalue weighted by Crippen LogP contribution is -2.11. The first-order valence-electron chi connectivity index (χ1n) is 5.44. The third kappa shape index (κ3) is 1.76. The summed E-state index contributed by atoms with van der Waals surface area (Å²) in [6, 6.07) is 0.135. The highest BCUT2D eigenvalue weighted by molar-refractivity contribution is 7.10. The molecule has 1 atom stereocenters. The van der Waals surface area contributed by atoms with E-state index in [-0.39, 0.29) is 6.04 Å². The SMILES string of the molecule is Cn1cc(-c2csc(C(N)C3CC3)n2)cn1. The fraction of sp³-hybridized carbons (Fsp3) is 0.455. The summed E-state index contributed by atoms with van der Waals surface area (Å²) in [6.45, 7) is 0. The number of nitrogens with zero attached hydrogens (tertiary/aromatic N) is 3. The van der Waals surface area contributed by atoms with Crippen LogP contribution in [-0.2, 0) is 7.05 Å². The van der Waals surface area contributed by atoms with Crippen molar-refractivity contribution in [1.29, 1.82) is 0 Å². The average Bonchev–Trinajstić information content (AvgIpc) is 2.84. The van der Waals surface area contributed by atoms with Crippen molar-refractivity contribution < 1.29 is 0 Å². The molecule has 3 rings (SSSR count). The van der Waals surface area contributed by atoms with Gasteiger partial charge < -0.3 is 5.73 Å². The van der Waals surface area contributed by atoms with Crippen LogP contribution in [0.1, 0.15) is 23.9 Å². The molecule has 0 spiro atoms. The highest BCUT2D eigenvalue weighted by atomic mass is 32.1. The highest BCUT2D eigenvalue weighted by Gasteiger charge is 2.31. The maximum atomic E-state index is 6.12. The van der Waals surface area contributed by atoms with Crippen molar-refractivity contribution >= 4 is 11.3 Å². The van der Waals surface area contributed by atoms with Crippen LogP contribution < -0.4 is 5.73 Å². The van der Waals surface area contributed by atoms with Crippen molar-refractivity contribution in [3.63, 3.8) is 0 Å². The van der Waals surface area contributed by atoms with Gasteiger partial charge in [-0.1, -0.05) is 0 Å². The Balaban J connectivity index is 1.86. The van der Waals surface area contributed by atoms with Crippen molar-refractivity contribution in [3.8, 4) is 11.3 Å². The lowest BCUT2D eigenvalue weighted by atomic mass is 10.2. The van der Waals surface area contributed by atoms with E-state index in [0.717, 1.165) is 16.3 Å². The predicted octanol–water partition coefficient (Wildman–Crippen LogP) is 1.95. The molecule has 0 saturated heterocycles. The first-order chi connectivity index (χ1) is 7.74. The third-order valence-corrected chi connectivity index (χ3v) is 3.88. The van der Waals surface area contributed by atoms with E-state index in [0.29, 0.717) is 5.92 Å². The molecule has 2 aromatic heterocycles. The van der Waals surface area contributed by atoms with Crippen LogP contribution in [-0.4, -0.2) is 14.8 Å². The zero-order valence-electron chi connectivity index (χ0n) is 9.13. The minimum atomic E-state index is 0.135. The van der Waals surface area contributed by atoms with E-state index in [1.807, 2.05) is 19.4 Å². The fourth-order valence-electron chi connectivity index (χ4n) is 1.78. The summed E-state index contributed by atoms with van der Waals surface area (Å²) >= 11 is 1.66. The molecular weight excluding hydrogens is 220 g/mol. The first-order valence-corrected chi connectivity index (χ1v) is 6.32. The van der Waals surface area contributed by atoms with E-state index in [9.17, 15) is 0 Å². The molecule has 1 aliphatic rings. The second kappa shape index (κ2) is 3.68. The zero-order chi connectivity index (χ0) is 11.1. The van der Waals surface area contributed by atoms with Gasteiger partial charge in [-0.05, 0) is 18.8 Å². The van der Waals surface area contributed by atoms with Gasteiger partial charge in [0.05, 0.1) is 17.9 Å². The molecule has 5 heteroatoms. The summed E-state index contributed by atoms with van der Waals surface area (Å²) in [5.74, 6) is 0.660. The van der Waals surface area contributed by atoms with Crippen LogP contribution in [0, 0.1) is 5.92 Å². The van der Waals surface area contributed by atoms with E-state index >= 15 is 0 Å². The number of hydrogen-bond acceptors (Lipinski definition) is 4. The molecule has 0 amide bonds. The summed E-state index contributed by atoms with van der Waals surface area (Å²) in [5, 5.41) is 7.27. The standard InChI is InChI=1S/C11H14N4S/c1-15-5-8(4-13-15)9-6-16-11(14-9)10(12)7-2-3-7/h4-7,10H,2-3,12H2,1H3. The molecule has 2 aromatic rings. The van der Waals surface area contributed by atoms with Gasteiger partial charge in [0.15, 0.2) is 0 Å². The van der Waals surface area contributed by atoms with Gasteiger partial charge in [0.1, 0.15) is 5.01 Å². The molecule has 4 nitrogen and oxygen atoms in total. The maximum Gasteiger partial charge on any atom is 0.110 e. The van der Waals surface area contributed by atoms with E-state index < -0.39 is 0 Å². The van der Waals surface area contributed by atoms with Crippen molar-refractivity contribution in [2.45, 2.75) is 18.9 Å². The second-order valence-electron chi connectivity index (χ2n) is 4.34. The number of hydrogen-bond donors (Lipinski definition) is 1. The lowest BCUT2D eigenvalue weighted by molar-refractivity contribution is 0.629. The molecule has 2 heterocycles. The molecule has 2 N–H and O–H groups in total. The Morgan fingerprint density at radius 1 is 1.56 bits per heavy atom. The number of rotatable bonds is 3. The maximum absolute atomic E-state index is 6.12. The third-order valence-electron chi connectivity index (χ3n) is 2.94. The summed E-state index contributed by atoms with van der Waals surface area (Å²) in [5.41, 5.74) is 8.18. The van der Waals surface area contributed by atoms with Gasteiger partial charge in [-0.2, -0.15) is 5.10 Å². The van der Waals surface area contributed by atoms with Crippen molar-refractivity contribution in [2.75, 3.05) is 0 Å². The van der Waals surface area contributed by atoms with Crippen LogP contribution >= 0.6 is 11.3 Å². The molecule has 0 aromatic carbocycles. The molecule has 16 heavy (non-hydrogen) atoms. The molecule has 1 unspecified atom stereocenters. The van der Waals surface area contributed by atoms with Gasteiger partial charge in [-0.3, -0.25) is 4.68 Å². The smallest absolute Gasteiger partial charge is 0.110 e. The van der Waals surface area contributed by atoms with Gasteiger partial charge in [0, 0.05) is 24.2 Å². The Hall–Kier alpha value is -1.20. The Labute approximate surface area is 98.1 Å². The fourth-order valence-corrected chi connectivity index (χ4v) is 2.71. The number of nitrogens with two attached hydrogens (primary N) is 1. The summed E-state index contributed by atoms with van der Waals surface area (Å²) in [7, 11) is 1.91. The molecule has 0 bridgehead atoms. The van der Waals surface area contributed by atoms with Crippen molar-refractivity contribution in [1.82, 2.24) is 14.8 Å². The molecular formula is C11H14N4S. The minimum Gasteiger partial charge on any atom is -0.322 e. The normalized spacial score (nSPS) is 17.6. The van der Waals surface area contributed by atoms with E-state index in [1.165, 1.54) is 12.8 Å². The van der Waals surface area contributed by atoms with Crippen LogP contribution in [0.15, 0.2) is 17.8 Å². The molecule has 0 aliphatic heterocycles. The van der Waals surface area contributed by atoms with E-state index in [1.54, 1.807) is 16.0 Å². The topological polar surface area (TPSA) is 56.7 Å². The molecule has 1 saturated carbocycles. The first kappa shape index (κ1) is 9.99. The highest BCUT2D eigenvalue weighted by Crippen LogP contribution is 2.40. The largest absolute Gasteiger partial charge is 0.322 e.